The molecule has 0 bridgehead atoms. The van der Waals surface area contributed by atoms with Crippen LogP contribution in [0.1, 0.15) is 43.2 Å². The molecule has 9 nitrogen and oxygen atoms in total. The Morgan fingerprint density at radius 1 is 1.10 bits per heavy atom. The standard InChI is InChI=1S/C28H28F2N6O3/c1-28(2)11-12-34(16-28)25-18-14-31-35(17-10-13-39-15-17)23(18)8-6-21(25)32-27(38)22-7-9-24(37)36(33-22)26-19(29)4-3-5-20(26)30/h3-9,14,17H,10-13,15-16H2,1-2H3,(H,32,38)/t17-/m1/s1. The number of para-hydroxylation sites is 1. The Hall–Kier alpha value is -4.12. The van der Waals surface area contributed by atoms with E-state index in [2.05, 4.69) is 34.3 Å². The number of carbonyl (C=O) groups is 1. The van der Waals surface area contributed by atoms with Crippen molar-refractivity contribution in [3.63, 3.8) is 0 Å². The normalized spacial score (nSPS) is 18.7. The number of fused-ring (bicyclic) bond motifs is 1. The van der Waals surface area contributed by atoms with Gasteiger partial charge in [0.25, 0.3) is 11.5 Å². The van der Waals surface area contributed by atoms with Gasteiger partial charge < -0.3 is 15.0 Å². The number of carbonyl (C=O) groups excluding carboxylic acids is 1. The highest BCUT2D eigenvalue weighted by atomic mass is 19.1. The number of amides is 1. The molecule has 2 fully saturated rings. The molecule has 2 saturated heterocycles. The minimum absolute atomic E-state index is 0.0968. The van der Waals surface area contributed by atoms with Crippen molar-refractivity contribution < 1.29 is 18.3 Å². The molecule has 1 amide bonds. The number of halogens is 2. The number of nitrogens with one attached hydrogen (secondary N) is 1. The number of hydrogen-bond donors (Lipinski definition) is 1. The molecular weight excluding hydrogens is 506 g/mol. The summed E-state index contributed by atoms with van der Waals surface area (Å²) in [6.45, 7) is 7.31. The molecule has 0 radical (unpaired) electrons. The molecule has 2 aromatic carbocycles. The quantitative estimate of drug-likeness (QED) is 0.410. The molecule has 202 valence electrons. The van der Waals surface area contributed by atoms with Crippen molar-refractivity contribution >= 4 is 28.2 Å². The Kier molecular flexibility index (Phi) is 6.17. The van der Waals surface area contributed by atoms with E-state index in [1.54, 1.807) is 0 Å². The number of ether oxygens (including phenoxy) is 1. The Morgan fingerprint density at radius 2 is 1.90 bits per heavy atom. The molecule has 11 heteroatoms. The van der Waals surface area contributed by atoms with Crippen molar-refractivity contribution in [2.45, 2.75) is 32.7 Å². The third kappa shape index (κ3) is 4.56. The van der Waals surface area contributed by atoms with E-state index in [1.807, 2.05) is 23.0 Å². The first-order valence-corrected chi connectivity index (χ1v) is 12.9. The van der Waals surface area contributed by atoms with E-state index in [0.29, 0.717) is 23.6 Å². The van der Waals surface area contributed by atoms with Crippen molar-refractivity contribution in [3.8, 4) is 5.69 Å². The first kappa shape index (κ1) is 25.2. The zero-order chi connectivity index (χ0) is 27.3. The van der Waals surface area contributed by atoms with Gasteiger partial charge in [-0.25, -0.2) is 8.78 Å². The first-order valence-electron chi connectivity index (χ1n) is 12.9. The maximum atomic E-state index is 14.4. The minimum atomic E-state index is -0.962. The third-order valence-electron chi connectivity index (χ3n) is 7.43. The highest BCUT2D eigenvalue weighted by molar-refractivity contribution is 6.09. The molecule has 6 rings (SSSR count). The van der Waals surface area contributed by atoms with Gasteiger partial charge in [-0.15, -0.1) is 0 Å². The number of anilines is 2. The third-order valence-corrected chi connectivity index (χ3v) is 7.43. The zero-order valence-corrected chi connectivity index (χ0v) is 21.7. The van der Waals surface area contributed by atoms with Crippen molar-refractivity contribution in [2.75, 3.05) is 36.5 Å². The summed E-state index contributed by atoms with van der Waals surface area (Å²) in [5.41, 5.74) is 0.893. The fourth-order valence-electron chi connectivity index (χ4n) is 5.43. The van der Waals surface area contributed by atoms with Gasteiger partial charge in [-0.2, -0.15) is 14.9 Å². The van der Waals surface area contributed by atoms with Gasteiger partial charge >= 0.3 is 0 Å². The van der Waals surface area contributed by atoms with Crippen LogP contribution < -0.4 is 15.8 Å². The van der Waals surface area contributed by atoms with Gasteiger partial charge in [-0.3, -0.25) is 14.3 Å². The van der Waals surface area contributed by atoms with Gasteiger partial charge in [0.05, 0.1) is 35.7 Å². The molecule has 2 aromatic heterocycles. The van der Waals surface area contributed by atoms with Gasteiger partial charge in [0.1, 0.15) is 11.4 Å². The van der Waals surface area contributed by atoms with Crippen LogP contribution in [0.2, 0.25) is 0 Å². The molecule has 0 unspecified atom stereocenters. The molecule has 2 aliphatic rings. The maximum Gasteiger partial charge on any atom is 0.276 e. The summed E-state index contributed by atoms with van der Waals surface area (Å²) >= 11 is 0. The van der Waals surface area contributed by atoms with Gasteiger partial charge in [0.15, 0.2) is 11.6 Å². The van der Waals surface area contributed by atoms with Crippen LogP contribution in [0.3, 0.4) is 0 Å². The molecule has 0 spiro atoms. The van der Waals surface area contributed by atoms with Crippen LogP contribution in [-0.4, -0.2) is 51.8 Å². The van der Waals surface area contributed by atoms with Crippen molar-refractivity contribution in [3.05, 3.63) is 76.3 Å². The Bertz CT molecular complexity index is 1620. The molecular formula is C28H28F2N6O3. The Morgan fingerprint density at radius 3 is 2.59 bits per heavy atom. The summed E-state index contributed by atoms with van der Waals surface area (Å²) in [5, 5.41) is 12.5. The van der Waals surface area contributed by atoms with Gasteiger partial charge in [0.2, 0.25) is 0 Å². The van der Waals surface area contributed by atoms with Gasteiger partial charge in [0, 0.05) is 31.1 Å². The first-order chi connectivity index (χ1) is 18.7. The Balaban J connectivity index is 1.40. The molecule has 4 aromatic rings. The average molecular weight is 535 g/mol. The SMILES string of the molecule is CC1(C)CCN(c2c(NC(=O)c3ccc(=O)n(-c4c(F)cccc4F)n3)ccc3c2cnn3[C@@H]2CCOC2)C1. The van der Waals surface area contributed by atoms with Crippen LogP contribution in [0.15, 0.2) is 53.5 Å². The summed E-state index contributed by atoms with van der Waals surface area (Å²) in [6, 6.07) is 9.44. The smallest absolute Gasteiger partial charge is 0.276 e. The van der Waals surface area contributed by atoms with E-state index in [0.717, 1.165) is 60.7 Å². The lowest BCUT2D eigenvalue weighted by Gasteiger charge is -2.25. The van der Waals surface area contributed by atoms with Crippen LogP contribution in [0, 0.1) is 17.0 Å². The van der Waals surface area contributed by atoms with E-state index in [-0.39, 0.29) is 17.2 Å². The number of hydrogen-bond acceptors (Lipinski definition) is 6. The highest BCUT2D eigenvalue weighted by Gasteiger charge is 2.33. The van der Waals surface area contributed by atoms with Crippen LogP contribution in [-0.2, 0) is 4.74 Å². The van der Waals surface area contributed by atoms with Crippen molar-refractivity contribution in [2.24, 2.45) is 5.41 Å². The monoisotopic (exact) mass is 534 g/mol. The topological polar surface area (TPSA) is 94.3 Å². The molecule has 1 atom stereocenters. The van der Waals surface area contributed by atoms with Crippen LogP contribution in [0.5, 0.6) is 0 Å². The predicted molar refractivity (Wildman–Crippen MR) is 143 cm³/mol. The summed E-state index contributed by atoms with van der Waals surface area (Å²) in [6.07, 6.45) is 3.69. The average Bonchev–Trinajstić information content (AvgIpc) is 3.64. The second-order valence-corrected chi connectivity index (χ2v) is 10.8. The highest BCUT2D eigenvalue weighted by Crippen LogP contribution is 2.41. The van der Waals surface area contributed by atoms with Crippen LogP contribution in [0.4, 0.5) is 20.2 Å². The summed E-state index contributed by atoms with van der Waals surface area (Å²) in [5.74, 6) is -2.54. The van der Waals surface area contributed by atoms with E-state index in [4.69, 9.17) is 4.74 Å². The number of benzene rings is 2. The molecule has 1 N–H and O–H groups in total. The van der Waals surface area contributed by atoms with Crippen molar-refractivity contribution in [1.82, 2.24) is 19.6 Å². The lowest BCUT2D eigenvalue weighted by molar-refractivity contribution is 0.102. The lowest BCUT2D eigenvalue weighted by Crippen LogP contribution is -2.27. The lowest BCUT2D eigenvalue weighted by atomic mass is 9.93. The van der Waals surface area contributed by atoms with Crippen LogP contribution >= 0.6 is 0 Å². The summed E-state index contributed by atoms with van der Waals surface area (Å²) in [4.78, 5) is 28.1. The van der Waals surface area contributed by atoms with Gasteiger partial charge in [-0.05, 0) is 48.6 Å². The molecule has 4 heterocycles. The van der Waals surface area contributed by atoms with Crippen LogP contribution in [0.25, 0.3) is 16.6 Å². The van der Waals surface area contributed by atoms with Gasteiger partial charge in [-0.1, -0.05) is 19.9 Å². The predicted octanol–water partition coefficient (Wildman–Crippen LogP) is 4.31. The largest absolute Gasteiger partial charge is 0.379 e. The van der Waals surface area contributed by atoms with E-state index in [1.165, 1.54) is 12.1 Å². The second-order valence-electron chi connectivity index (χ2n) is 10.8. The fourth-order valence-corrected chi connectivity index (χ4v) is 5.43. The fraction of sp³-hybridized carbons (Fsp3) is 0.357. The molecule has 2 aliphatic heterocycles. The Labute approximate surface area is 223 Å². The molecule has 39 heavy (non-hydrogen) atoms. The number of rotatable bonds is 5. The number of nitrogens with zero attached hydrogens (tertiary/aromatic N) is 5. The zero-order valence-electron chi connectivity index (χ0n) is 21.7. The van der Waals surface area contributed by atoms with Crippen molar-refractivity contribution in [1.29, 1.82) is 0 Å². The van der Waals surface area contributed by atoms with E-state index < -0.39 is 28.8 Å². The number of aromatic nitrogens is 4. The summed E-state index contributed by atoms with van der Waals surface area (Å²) in [7, 11) is 0. The molecule has 0 saturated carbocycles. The maximum absolute atomic E-state index is 14.4. The van der Waals surface area contributed by atoms with E-state index >= 15 is 0 Å². The minimum Gasteiger partial charge on any atom is -0.379 e. The van der Waals surface area contributed by atoms with E-state index in [9.17, 15) is 18.4 Å². The summed E-state index contributed by atoms with van der Waals surface area (Å²) < 4.78 is 36.9. The molecule has 0 aliphatic carbocycles. The second kappa shape index (κ2) is 9.57.